The minimum atomic E-state index is 0.145. The van der Waals surface area contributed by atoms with Gasteiger partial charge in [-0.15, -0.1) is 0 Å². The third-order valence-corrected chi connectivity index (χ3v) is 4.42. The van der Waals surface area contributed by atoms with Crippen molar-refractivity contribution >= 4 is 5.82 Å². The first-order chi connectivity index (χ1) is 9.78. The number of nitrogens with zero attached hydrogens (tertiary/aromatic N) is 2. The molecule has 0 amide bonds. The third kappa shape index (κ3) is 4.44. The Kier molecular flexibility index (Phi) is 4.92. The van der Waals surface area contributed by atoms with Crippen LogP contribution in [-0.4, -0.2) is 23.6 Å². The van der Waals surface area contributed by atoms with Crippen LogP contribution in [0, 0.1) is 11.8 Å². The molecule has 0 aliphatic carbocycles. The van der Waals surface area contributed by atoms with E-state index < -0.39 is 0 Å². The second-order valence-electron chi connectivity index (χ2n) is 7.64. The molecule has 2 rings (SSSR count). The average molecular weight is 289 g/mol. The summed E-state index contributed by atoms with van der Waals surface area (Å²) in [7, 11) is 0. The van der Waals surface area contributed by atoms with E-state index in [1.54, 1.807) is 0 Å². The molecular formula is C18H31N3. The van der Waals surface area contributed by atoms with Crippen LogP contribution < -0.4 is 10.2 Å². The summed E-state index contributed by atoms with van der Waals surface area (Å²) >= 11 is 0. The Morgan fingerprint density at radius 3 is 2.33 bits per heavy atom. The Labute approximate surface area is 130 Å². The van der Waals surface area contributed by atoms with Crippen LogP contribution in [0.1, 0.15) is 52.8 Å². The van der Waals surface area contributed by atoms with Crippen LogP contribution in [0.3, 0.4) is 0 Å². The van der Waals surface area contributed by atoms with Gasteiger partial charge in [0, 0.05) is 30.9 Å². The van der Waals surface area contributed by atoms with Crippen molar-refractivity contribution in [1.82, 2.24) is 10.3 Å². The molecule has 0 spiro atoms. The van der Waals surface area contributed by atoms with Crippen LogP contribution in [-0.2, 0) is 13.0 Å². The summed E-state index contributed by atoms with van der Waals surface area (Å²) in [6.45, 7) is 16.7. The van der Waals surface area contributed by atoms with Gasteiger partial charge in [-0.2, -0.15) is 0 Å². The molecule has 2 heterocycles. The highest BCUT2D eigenvalue weighted by Gasteiger charge is 2.27. The van der Waals surface area contributed by atoms with Crippen LogP contribution in [0.15, 0.2) is 12.1 Å². The van der Waals surface area contributed by atoms with Gasteiger partial charge < -0.3 is 10.2 Å². The molecule has 2 atom stereocenters. The molecular weight excluding hydrogens is 258 g/mol. The van der Waals surface area contributed by atoms with Crippen LogP contribution in [0.25, 0.3) is 0 Å². The predicted molar refractivity (Wildman–Crippen MR) is 90.7 cm³/mol. The Balaban J connectivity index is 2.18. The van der Waals surface area contributed by atoms with Crippen molar-refractivity contribution in [3.05, 3.63) is 23.4 Å². The summed E-state index contributed by atoms with van der Waals surface area (Å²) in [4.78, 5) is 7.30. The molecule has 21 heavy (non-hydrogen) atoms. The van der Waals surface area contributed by atoms with Gasteiger partial charge in [-0.25, -0.2) is 4.98 Å². The zero-order valence-corrected chi connectivity index (χ0v) is 14.5. The second-order valence-corrected chi connectivity index (χ2v) is 7.64. The number of hydrogen-bond acceptors (Lipinski definition) is 3. The van der Waals surface area contributed by atoms with Gasteiger partial charge in [-0.05, 0) is 56.7 Å². The van der Waals surface area contributed by atoms with E-state index >= 15 is 0 Å². The lowest BCUT2D eigenvalue weighted by molar-refractivity contribution is 0.424. The lowest BCUT2D eigenvalue weighted by Gasteiger charge is -2.23. The van der Waals surface area contributed by atoms with E-state index in [1.807, 2.05) is 0 Å². The summed E-state index contributed by atoms with van der Waals surface area (Å²) in [5, 5.41) is 3.58. The van der Waals surface area contributed by atoms with Crippen molar-refractivity contribution in [3.63, 3.8) is 0 Å². The molecule has 0 radical (unpaired) electrons. The summed E-state index contributed by atoms with van der Waals surface area (Å²) in [6.07, 6.45) is 0.995. The first-order valence-electron chi connectivity index (χ1n) is 8.28. The lowest BCUT2D eigenvalue weighted by Crippen LogP contribution is -2.35. The second kappa shape index (κ2) is 6.35. The van der Waals surface area contributed by atoms with Crippen molar-refractivity contribution in [3.8, 4) is 0 Å². The largest absolute Gasteiger partial charge is 0.356 e. The zero-order chi connectivity index (χ0) is 15.6. The number of rotatable bonds is 4. The fourth-order valence-electron chi connectivity index (χ4n) is 2.76. The molecule has 3 nitrogen and oxygen atoms in total. The Hall–Kier alpha value is -1.09. The summed E-state index contributed by atoms with van der Waals surface area (Å²) in [5.74, 6) is 2.68. The van der Waals surface area contributed by atoms with Crippen molar-refractivity contribution in [2.24, 2.45) is 11.8 Å². The summed E-state index contributed by atoms with van der Waals surface area (Å²) < 4.78 is 0. The number of aryl methyl sites for hydroxylation is 1. The van der Waals surface area contributed by atoms with E-state index in [1.165, 1.54) is 11.3 Å². The molecule has 1 N–H and O–H groups in total. The fourth-order valence-corrected chi connectivity index (χ4v) is 2.76. The minimum Gasteiger partial charge on any atom is -0.356 e. The third-order valence-electron chi connectivity index (χ3n) is 4.42. The van der Waals surface area contributed by atoms with Crippen molar-refractivity contribution in [1.29, 1.82) is 0 Å². The number of anilines is 1. The SMILES string of the molecule is CCc1cc(CNC(C)(C)C)cc(N2CC(C)C(C)C2)n1. The van der Waals surface area contributed by atoms with Crippen LogP contribution in [0.5, 0.6) is 0 Å². The van der Waals surface area contributed by atoms with Gasteiger partial charge in [0.25, 0.3) is 0 Å². The van der Waals surface area contributed by atoms with Gasteiger partial charge in [0.1, 0.15) is 5.82 Å². The van der Waals surface area contributed by atoms with Gasteiger partial charge in [-0.1, -0.05) is 20.8 Å². The van der Waals surface area contributed by atoms with Crippen molar-refractivity contribution < 1.29 is 0 Å². The number of hydrogen-bond donors (Lipinski definition) is 1. The molecule has 1 aromatic heterocycles. The van der Waals surface area contributed by atoms with E-state index in [9.17, 15) is 0 Å². The molecule has 1 aromatic rings. The molecule has 1 fully saturated rings. The maximum absolute atomic E-state index is 4.85. The number of nitrogens with one attached hydrogen (secondary N) is 1. The maximum atomic E-state index is 4.85. The quantitative estimate of drug-likeness (QED) is 0.917. The lowest BCUT2D eigenvalue weighted by atomic mass is 10.0. The molecule has 1 aliphatic rings. The maximum Gasteiger partial charge on any atom is 0.129 e. The van der Waals surface area contributed by atoms with Gasteiger partial charge >= 0.3 is 0 Å². The van der Waals surface area contributed by atoms with E-state index in [0.717, 1.165) is 43.7 Å². The van der Waals surface area contributed by atoms with Crippen LogP contribution in [0.4, 0.5) is 5.82 Å². The van der Waals surface area contributed by atoms with E-state index in [0.29, 0.717) is 0 Å². The molecule has 3 heteroatoms. The summed E-state index contributed by atoms with van der Waals surface area (Å²) in [5.41, 5.74) is 2.69. The molecule has 2 unspecified atom stereocenters. The first kappa shape index (κ1) is 16.3. The van der Waals surface area contributed by atoms with Gasteiger partial charge in [-0.3, -0.25) is 0 Å². The van der Waals surface area contributed by atoms with E-state index in [4.69, 9.17) is 4.98 Å². The monoisotopic (exact) mass is 289 g/mol. The van der Waals surface area contributed by atoms with E-state index in [-0.39, 0.29) is 5.54 Å². The average Bonchev–Trinajstić information content (AvgIpc) is 2.75. The fraction of sp³-hybridized carbons (Fsp3) is 0.722. The Bertz CT molecular complexity index is 466. The summed E-state index contributed by atoms with van der Waals surface area (Å²) in [6, 6.07) is 4.51. The Morgan fingerprint density at radius 2 is 1.81 bits per heavy atom. The highest BCUT2D eigenvalue weighted by atomic mass is 15.2. The number of aromatic nitrogens is 1. The van der Waals surface area contributed by atoms with Gasteiger partial charge in [0.2, 0.25) is 0 Å². The first-order valence-corrected chi connectivity index (χ1v) is 8.28. The van der Waals surface area contributed by atoms with Gasteiger partial charge in [0.05, 0.1) is 0 Å². The van der Waals surface area contributed by atoms with Crippen LogP contribution in [0.2, 0.25) is 0 Å². The molecule has 0 bridgehead atoms. The highest BCUT2D eigenvalue weighted by molar-refractivity contribution is 5.44. The van der Waals surface area contributed by atoms with Gasteiger partial charge in [0.15, 0.2) is 0 Å². The molecule has 118 valence electrons. The predicted octanol–water partition coefficient (Wildman–Crippen LogP) is 3.62. The highest BCUT2D eigenvalue weighted by Crippen LogP contribution is 2.27. The molecule has 0 aromatic carbocycles. The molecule has 1 aliphatic heterocycles. The Morgan fingerprint density at radius 1 is 1.19 bits per heavy atom. The topological polar surface area (TPSA) is 28.2 Å². The smallest absolute Gasteiger partial charge is 0.129 e. The normalized spacial score (nSPS) is 22.9. The van der Waals surface area contributed by atoms with Crippen LogP contribution >= 0.6 is 0 Å². The standard InChI is InChI=1S/C18H31N3/c1-7-16-8-15(10-19-18(4,5)6)9-17(20-16)21-11-13(2)14(3)12-21/h8-9,13-14,19H,7,10-12H2,1-6H3. The molecule has 0 saturated carbocycles. The van der Waals surface area contributed by atoms with Crippen molar-refractivity contribution in [2.75, 3.05) is 18.0 Å². The number of pyridine rings is 1. The van der Waals surface area contributed by atoms with Crippen molar-refractivity contribution in [2.45, 2.75) is 60.0 Å². The zero-order valence-electron chi connectivity index (χ0n) is 14.5. The molecule has 1 saturated heterocycles. The minimum absolute atomic E-state index is 0.145. The van der Waals surface area contributed by atoms with E-state index in [2.05, 4.69) is 63.9 Å².